The van der Waals surface area contributed by atoms with Crippen LogP contribution in [0.1, 0.15) is 39.1 Å². The number of carbonyl (C=O) groups excluding carboxylic acids is 3. The molecule has 1 aliphatic heterocycles. The van der Waals surface area contributed by atoms with E-state index in [2.05, 4.69) is 34.9 Å². The number of hydrogen-bond acceptors (Lipinski definition) is 4. The first-order valence-corrected chi connectivity index (χ1v) is 9.01. The molecule has 0 aliphatic carbocycles. The van der Waals surface area contributed by atoms with Crippen molar-refractivity contribution in [2.45, 2.75) is 24.7 Å². The standard InChI is InChI=1S/C19H18N2O3S/c1-12-7-9-13(10-8-12)25-11-3-6-16(22)20-15-5-2-4-14-17(15)19(24)21-18(14)23/h2,4-5,7-10H,3,6,11H2,1H3,(H,20,22)(H,21,23,24). The molecule has 2 aromatic rings. The third-order valence-electron chi connectivity index (χ3n) is 3.88. The maximum absolute atomic E-state index is 12.1. The van der Waals surface area contributed by atoms with Gasteiger partial charge in [0.15, 0.2) is 0 Å². The molecule has 1 heterocycles. The summed E-state index contributed by atoms with van der Waals surface area (Å²) in [5.74, 6) is -0.219. The van der Waals surface area contributed by atoms with Gasteiger partial charge in [-0.15, -0.1) is 11.8 Å². The lowest BCUT2D eigenvalue weighted by Gasteiger charge is -2.08. The van der Waals surface area contributed by atoms with Crippen molar-refractivity contribution in [2.75, 3.05) is 11.1 Å². The third kappa shape index (κ3) is 4.09. The molecule has 0 radical (unpaired) electrons. The normalized spacial score (nSPS) is 12.7. The van der Waals surface area contributed by atoms with Crippen LogP contribution in [0.25, 0.3) is 0 Å². The summed E-state index contributed by atoms with van der Waals surface area (Å²) in [4.78, 5) is 36.8. The Morgan fingerprint density at radius 2 is 1.84 bits per heavy atom. The lowest BCUT2D eigenvalue weighted by Crippen LogP contribution is -2.20. The fourth-order valence-corrected chi connectivity index (χ4v) is 3.45. The molecule has 128 valence electrons. The molecule has 0 spiro atoms. The van der Waals surface area contributed by atoms with Crippen molar-refractivity contribution in [2.24, 2.45) is 0 Å². The van der Waals surface area contributed by atoms with Gasteiger partial charge in [0.1, 0.15) is 0 Å². The average Bonchev–Trinajstić information content (AvgIpc) is 2.89. The van der Waals surface area contributed by atoms with Crippen molar-refractivity contribution in [3.63, 3.8) is 0 Å². The number of nitrogens with one attached hydrogen (secondary N) is 2. The number of anilines is 1. The van der Waals surface area contributed by atoms with E-state index in [9.17, 15) is 14.4 Å². The van der Waals surface area contributed by atoms with Gasteiger partial charge in [-0.05, 0) is 43.4 Å². The number of hydrogen-bond donors (Lipinski definition) is 2. The van der Waals surface area contributed by atoms with Crippen LogP contribution in [-0.4, -0.2) is 23.5 Å². The van der Waals surface area contributed by atoms with Crippen LogP contribution >= 0.6 is 11.8 Å². The number of thioether (sulfide) groups is 1. The van der Waals surface area contributed by atoms with Crippen LogP contribution in [0.5, 0.6) is 0 Å². The molecule has 0 bridgehead atoms. The average molecular weight is 354 g/mol. The van der Waals surface area contributed by atoms with E-state index in [4.69, 9.17) is 0 Å². The molecule has 2 N–H and O–H groups in total. The fraction of sp³-hybridized carbons (Fsp3) is 0.211. The summed E-state index contributed by atoms with van der Waals surface area (Å²) in [5.41, 5.74) is 2.16. The summed E-state index contributed by atoms with van der Waals surface area (Å²) in [6, 6.07) is 13.1. The molecule has 0 unspecified atom stereocenters. The van der Waals surface area contributed by atoms with Crippen LogP contribution in [0.3, 0.4) is 0 Å². The summed E-state index contributed by atoms with van der Waals surface area (Å²) in [7, 11) is 0. The van der Waals surface area contributed by atoms with E-state index in [1.165, 1.54) is 10.5 Å². The second kappa shape index (κ2) is 7.53. The zero-order chi connectivity index (χ0) is 17.8. The minimum atomic E-state index is -0.467. The summed E-state index contributed by atoms with van der Waals surface area (Å²) in [6.45, 7) is 2.05. The molecule has 25 heavy (non-hydrogen) atoms. The Balaban J connectivity index is 1.51. The Labute approximate surface area is 150 Å². The predicted molar refractivity (Wildman–Crippen MR) is 98.0 cm³/mol. The van der Waals surface area contributed by atoms with Crippen LogP contribution in [0.4, 0.5) is 5.69 Å². The highest BCUT2D eigenvalue weighted by Crippen LogP contribution is 2.25. The molecule has 3 amide bonds. The van der Waals surface area contributed by atoms with Crippen molar-refractivity contribution in [1.29, 1.82) is 0 Å². The Bertz CT molecular complexity index is 831. The summed E-state index contributed by atoms with van der Waals surface area (Å²) < 4.78 is 0. The van der Waals surface area contributed by atoms with Gasteiger partial charge in [0, 0.05) is 11.3 Å². The summed E-state index contributed by atoms with van der Waals surface area (Å²) in [6.07, 6.45) is 1.09. The Morgan fingerprint density at radius 3 is 2.60 bits per heavy atom. The van der Waals surface area contributed by atoms with Gasteiger partial charge in [-0.25, -0.2) is 0 Å². The SMILES string of the molecule is Cc1ccc(SCCCC(=O)Nc2cccc3c2C(=O)NC3=O)cc1. The molecule has 2 aromatic carbocycles. The fourth-order valence-electron chi connectivity index (χ4n) is 2.59. The predicted octanol–water partition coefficient (Wildman–Crippen LogP) is 3.39. The number of rotatable bonds is 6. The molecular weight excluding hydrogens is 336 g/mol. The Kier molecular flexibility index (Phi) is 5.19. The smallest absolute Gasteiger partial charge is 0.261 e. The van der Waals surface area contributed by atoms with Crippen molar-refractivity contribution >= 4 is 35.2 Å². The maximum Gasteiger partial charge on any atom is 0.261 e. The molecule has 6 heteroatoms. The number of aryl methyl sites for hydroxylation is 1. The van der Waals surface area contributed by atoms with Crippen molar-refractivity contribution in [1.82, 2.24) is 5.32 Å². The van der Waals surface area contributed by atoms with Gasteiger partial charge in [0.25, 0.3) is 11.8 Å². The van der Waals surface area contributed by atoms with Crippen LogP contribution < -0.4 is 10.6 Å². The number of fused-ring (bicyclic) bond motifs is 1. The monoisotopic (exact) mass is 354 g/mol. The quantitative estimate of drug-likeness (QED) is 0.474. The van der Waals surface area contributed by atoms with E-state index in [0.29, 0.717) is 17.7 Å². The number of imide groups is 1. The topological polar surface area (TPSA) is 75.3 Å². The first-order chi connectivity index (χ1) is 12.0. The molecule has 0 aromatic heterocycles. The summed E-state index contributed by atoms with van der Waals surface area (Å²) in [5, 5.41) is 4.98. The lowest BCUT2D eigenvalue weighted by atomic mass is 10.1. The van der Waals surface area contributed by atoms with Crippen molar-refractivity contribution < 1.29 is 14.4 Å². The lowest BCUT2D eigenvalue weighted by molar-refractivity contribution is -0.116. The molecule has 3 rings (SSSR count). The molecule has 0 fully saturated rings. The maximum atomic E-state index is 12.1. The number of benzene rings is 2. The van der Waals surface area contributed by atoms with E-state index in [0.717, 1.165) is 12.2 Å². The summed E-state index contributed by atoms with van der Waals surface area (Å²) >= 11 is 1.71. The molecular formula is C19H18N2O3S. The van der Waals surface area contributed by atoms with Gasteiger partial charge in [-0.1, -0.05) is 23.8 Å². The van der Waals surface area contributed by atoms with E-state index >= 15 is 0 Å². The van der Waals surface area contributed by atoms with Crippen molar-refractivity contribution in [3.8, 4) is 0 Å². The highest BCUT2D eigenvalue weighted by Gasteiger charge is 2.29. The highest BCUT2D eigenvalue weighted by molar-refractivity contribution is 7.99. The largest absolute Gasteiger partial charge is 0.325 e. The van der Waals surface area contributed by atoms with Crippen LogP contribution in [0, 0.1) is 6.92 Å². The Morgan fingerprint density at radius 1 is 1.08 bits per heavy atom. The van der Waals surface area contributed by atoms with E-state index in [-0.39, 0.29) is 11.5 Å². The van der Waals surface area contributed by atoms with Crippen LogP contribution in [0.15, 0.2) is 47.4 Å². The Hall–Kier alpha value is -2.60. The minimum absolute atomic E-state index is 0.162. The molecule has 0 atom stereocenters. The molecule has 5 nitrogen and oxygen atoms in total. The van der Waals surface area contributed by atoms with E-state index in [1.807, 2.05) is 6.92 Å². The van der Waals surface area contributed by atoms with Crippen molar-refractivity contribution in [3.05, 3.63) is 59.2 Å². The minimum Gasteiger partial charge on any atom is -0.325 e. The first kappa shape index (κ1) is 17.2. The zero-order valence-electron chi connectivity index (χ0n) is 13.8. The highest BCUT2D eigenvalue weighted by atomic mass is 32.2. The molecule has 1 aliphatic rings. The van der Waals surface area contributed by atoms with Crippen LogP contribution in [-0.2, 0) is 4.79 Å². The van der Waals surface area contributed by atoms with Gasteiger partial charge >= 0.3 is 0 Å². The zero-order valence-corrected chi connectivity index (χ0v) is 14.6. The van der Waals surface area contributed by atoms with Gasteiger partial charge in [0.05, 0.1) is 16.8 Å². The van der Waals surface area contributed by atoms with Crippen LogP contribution in [0.2, 0.25) is 0 Å². The number of carbonyl (C=O) groups is 3. The number of amides is 3. The molecule has 0 saturated carbocycles. The van der Waals surface area contributed by atoms with Gasteiger partial charge in [-0.2, -0.15) is 0 Å². The van der Waals surface area contributed by atoms with E-state index < -0.39 is 11.8 Å². The molecule has 0 saturated heterocycles. The first-order valence-electron chi connectivity index (χ1n) is 8.02. The van der Waals surface area contributed by atoms with Gasteiger partial charge in [0.2, 0.25) is 5.91 Å². The van der Waals surface area contributed by atoms with Gasteiger partial charge < -0.3 is 5.32 Å². The third-order valence-corrected chi connectivity index (χ3v) is 4.97. The van der Waals surface area contributed by atoms with E-state index in [1.54, 1.807) is 30.0 Å². The second-order valence-corrected chi connectivity index (χ2v) is 6.99. The van der Waals surface area contributed by atoms with Gasteiger partial charge in [-0.3, -0.25) is 19.7 Å². The second-order valence-electron chi connectivity index (χ2n) is 5.82.